The van der Waals surface area contributed by atoms with Gasteiger partial charge in [-0.3, -0.25) is 9.36 Å². The van der Waals surface area contributed by atoms with Gasteiger partial charge in [0.2, 0.25) is 5.91 Å². The average molecular weight is 385 g/mol. The third-order valence-corrected chi connectivity index (χ3v) is 4.72. The Kier molecular flexibility index (Phi) is 7.54. The summed E-state index contributed by atoms with van der Waals surface area (Å²) in [6, 6.07) is 7.20. The third-order valence-electron chi connectivity index (χ3n) is 3.51. The summed E-state index contributed by atoms with van der Waals surface area (Å²) in [5.74, 6) is 0.0239. The Labute approximate surface area is 155 Å². The molecule has 2 N–H and O–H groups in total. The maximum absolute atomic E-state index is 12.2. The Morgan fingerprint density at radius 1 is 1.52 bits per heavy atom. The van der Waals surface area contributed by atoms with Gasteiger partial charge in [0.15, 0.2) is 5.16 Å². The molecule has 0 saturated heterocycles. The van der Waals surface area contributed by atoms with Crippen LogP contribution in [0.15, 0.2) is 34.2 Å². The number of carbonyl (C=O) groups excluding carboxylic acids is 1. The molecule has 1 amide bonds. The first-order valence-electron chi connectivity index (χ1n) is 7.83. The van der Waals surface area contributed by atoms with Crippen LogP contribution in [0.4, 0.5) is 0 Å². The van der Waals surface area contributed by atoms with E-state index in [-0.39, 0.29) is 23.4 Å². The van der Waals surface area contributed by atoms with E-state index < -0.39 is 0 Å². The summed E-state index contributed by atoms with van der Waals surface area (Å²) in [6.07, 6.45) is 0.696. The first-order chi connectivity index (χ1) is 12.0. The molecule has 0 aliphatic carbocycles. The van der Waals surface area contributed by atoms with E-state index >= 15 is 0 Å². The molecule has 9 heteroatoms. The highest BCUT2D eigenvalue weighted by Gasteiger charge is 2.13. The highest BCUT2D eigenvalue weighted by atomic mass is 35.5. The maximum atomic E-state index is 12.2. The molecule has 0 bridgehead atoms. The standard InChI is InChI=1S/C16H21ClN4O3S/c1-11(12-5-3-6-13(17)9-12)18-14(22)10-25-16-20-19-15(23)21(16)7-4-8-24-2/h3,5-6,9,11H,4,7-8,10H2,1-2H3,(H,18,22)(H,19,23). The second-order valence-electron chi connectivity index (χ2n) is 5.44. The number of amides is 1. The van der Waals surface area contributed by atoms with E-state index in [4.69, 9.17) is 16.3 Å². The summed E-state index contributed by atoms with van der Waals surface area (Å²) >= 11 is 7.18. The normalized spacial score (nSPS) is 12.1. The largest absolute Gasteiger partial charge is 0.385 e. The molecule has 0 radical (unpaired) electrons. The fourth-order valence-corrected chi connectivity index (χ4v) is 3.23. The number of ether oxygens (including phenoxy) is 1. The van der Waals surface area contributed by atoms with Gasteiger partial charge in [-0.05, 0) is 31.0 Å². The molecule has 0 aliphatic heterocycles. The minimum absolute atomic E-state index is 0.142. The number of aromatic amines is 1. The van der Waals surface area contributed by atoms with Crippen molar-refractivity contribution in [3.8, 4) is 0 Å². The molecule has 136 valence electrons. The Morgan fingerprint density at radius 2 is 2.32 bits per heavy atom. The van der Waals surface area contributed by atoms with E-state index in [0.29, 0.717) is 29.8 Å². The van der Waals surface area contributed by atoms with Gasteiger partial charge in [-0.1, -0.05) is 35.5 Å². The molecule has 7 nitrogen and oxygen atoms in total. The van der Waals surface area contributed by atoms with Gasteiger partial charge in [0.25, 0.3) is 0 Å². The number of nitrogens with zero attached hydrogens (tertiary/aromatic N) is 2. The Hall–Kier alpha value is -1.77. The summed E-state index contributed by atoms with van der Waals surface area (Å²) in [6.45, 7) is 2.94. The zero-order valence-corrected chi connectivity index (χ0v) is 15.7. The molecule has 2 aromatic rings. The van der Waals surface area contributed by atoms with Crippen molar-refractivity contribution in [3.63, 3.8) is 0 Å². The van der Waals surface area contributed by atoms with Crippen LogP contribution in [0.2, 0.25) is 5.02 Å². The lowest BCUT2D eigenvalue weighted by atomic mass is 10.1. The number of aromatic nitrogens is 3. The van der Waals surface area contributed by atoms with Crippen LogP contribution in [0, 0.1) is 0 Å². The monoisotopic (exact) mass is 384 g/mol. The number of H-pyrrole nitrogens is 1. The summed E-state index contributed by atoms with van der Waals surface area (Å²) in [7, 11) is 1.61. The molecule has 1 aromatic heterocycles. The molecule has 1 unspecified atom stereocenters. The molecule has 1 aromatic carbocycles. The van der Waals surface area contributed by atoms with Crippen LogP contribution in [-0.2, 0) is 16.1 Å². The second-order valence-corrected chi connectivity index (χ2v) is 6.82. The number of nitrogens with one attached hydrogen (secondary N) is 2. The zero-order valence-electron chi connectivity index (χ0n) is 14.1. The molecule has 25 heavy (non-hydrogen) atoms. The van der Waals surface area contributed by atoms with E-state index in [0.717, 1.165) is 5.56 Å². The van der Waals surface area contributed by atoms with E-state index in [1.165, 1.54) is 16.3 Å². The number of methoxy groups -OCH3 is 1. The van der Waals surface area contributed by atoms with Crippen molar-refractivity contribution in [2.75, 3.05) is 19.5 Å². The molecular weight excluding hydrogens is 364 g/mol. The molecule has 0 aliphatic rings. The molecule has 0 spiro atoms. The predicted octanol–water partition coefficient (Wildman–Crippen LogP) is 2.23. The highest BCUT2D eigenvalue weighted by molar-refractivity contribution is 7.99. The number of hydrogen-bond donors (Lipinski definition) is 2. The lowest BCUT2D eigenvalue weighted by Crippen LogP contribution is -2.28. The Bertz CT molecular complexity index is 762. The number of halogens is 1. The van der Waals surface area contributed by atoms with Crippen LogP contribution in [-0.4, -0.2) is 40.1 Å². The smallest absolute Gasteiger partial charge is 0.343 e. The minimum atomic E-state index is -0.286. The lowest BCUT2D eigenvalue weighted by Gasteiger charge is -2.14. The fourth-order valence-electron chi connectivity index (χ4n) is 2.25. The molecule has 1 atom stereocenters. The molecule has 0 fully saturated rings. The maximum Gasteiger partial charge on any atom is 0.343 e. The second kappa shape index (κ2) is 9.65. The van der Waals surface area contributed by atoms with E-state index in [9.17, 15) is 9.59 Å². The first kappa shape index (κ1) is 19.6. The van der Waals surface area contributed by atoms with Crippen LogP contribution in [0.3, 0.4) is 0 Å². The minimum Gasteiger partial charge on any atom is -0.385 e. The number of thioether (sulfide) groups is 1. The Balaban J connectivity index is 1.88. The lowest BCUT2D eigenvalue weighted by molar-refractivity contribution is -0.119. The van der Waals surface area contributed by atoms with Gasteiger partial charge in [0, 0.05) is 25.3 Å². The summed E-state index contributed by atoms with van der Waals surface area (Å²) in [5.41, 5.74) is 0.647. The van der Waals surface area contributed by atoms with Crippen molar-refractivity contribution in [2.45, 2.75) is 31.1 Å². The molecular formula is C16H21ClN4O3S. The number of hydrogen-bond acceptors (Lipinski definition) is 5. The highest BCUT2D eigenvalue weighted by Crippen LogP contribution is 2.18. The Morgan fingerprint density at radius 3 is 3.04 bits per heavy atom. The van der Waals surface area contributed by atoms with E-state index in [1.54, 1.807) is 13.2 Å². The molecule has 2 rings (SSSR count). The zero-order chi connectivity index (χ0) is 18.2. The van der Waals surface area contributed by atoms with Gasteiger partial charge in [-0.15, -0.1) is 5.10 Å². The summed E-state index contributed by atoms with van der Waals surface area (Å²) in [4.78, 5) is 23.9. The number of carbonyl (C=O) groups is 1. The average Bonchev–Trinajstić information content (AvgIpc) is 2.93. The predicted molar refractivity (Wildman–Crippen MR) is 98.1 cm³/mol. The topological polar surface area (TPSA) is 89.0 Å². The van der Waals surface area contributed by atoms with Crippen LogP contribution in [0.1, 0.15) is 24.9 Å². The van der Waals surface area contributed by atoms with E-state index in [1.807, 2.05) is 25.1 Å². The van der Waals surface area contributed by atoms with Crippen molar-refractivity contribution in [3.05, 3.63) is 45.3 Å². The van der Waals surface area contributed by atoms with Crippen molar-refractivity contribution in [1.29, 1.82) is 0 Å². The van der Waals surface area contributed by atoms with Gasteiger partial charge in [0.05, 0.1) is 11.8 Å². The number of benzene rings is 1. The van der Waals surface area contributed by atoms with Crippen molar-refractivity contribution >= 4 is 29.3 Å². The SMILES string of the molecule is COCCCn1c(SCC(=O)NC(C)c2cccc(Cl)c2)n[nH]c1=O. The van der Waals surface area contributed by atoms with Crippen molar-refractivity contribution < 1.29 is 9.53 Å². The molecule has 1 heterocycles. The van der Waals surface area contributed by atoms with Crippen LogP contribution >= 0.6 is 23.4 Å². The van der Waals surface area contributed by atoms with Crippen LogP contribution < -0.4 is 11.0 Å². The first-order valence-corrected chi connectivity index (χ1v) is 9.19. The van der Waals surface area contributed by atoms with Gasteiger partial charge in [-0.25, -0.2) is 9.89 Å². The van der Waals surface area contributed by atoms with Crippen LogP contribution in [0.5, 0.6) is 0 Å². The quantitative estimate of drug-likeness (QED) is 0.511. The summed E-state index contributed by atoms with van der Waals surface area (Å²) in [5, 5.41) is 10.4. The van der Waals surface area contributed by atoms with Crippen molar-refractivity contribution in [1.82, 2.24) is 20.1 Å². The van der Waals surface area contributed by atoms with Crippen molar-refractivity contribution in [2.24, 2.45) is 0 Å². The summed E-state index contributed by atoms with van der Waals surface area (Å²) < 4.78 is 6.50. The molecule has 0 saturated carbocycles. The number of rotatable bonds is 9. The van der Waals surface area contributed by atoms with Gasteiger partial charge >= 0.3 is 5.69 Å². The van der Waals surface area contributed by atoms with E-state index in [2.05, 4.69) is 15.5 Å². The van der Waals surface area contributed by atoms with Gasteiger partial charge in [0.1, 0.15) is 0 Å². The van der Waals surface area contributed by atoms with Gasteiger partial charge in [-0.2, -0.15) is 0 Å². The third kappa shape index (κ3) is 5.91. The van der Waals surface area contributed by atoms with Crippen LogP contribution in [0.25, 0.3) is 0 Å². The van der Waals surface area contributed by atoms with Gasteiger partial charge < -0.3 is 10.1 Å². The fraction of sp³-hybridized carbons (Fsp3) is 0.438.